The molecule has 1 aliphatic heterocycles. The molecule has 1 aliphatic rings. The van der Waals surface area contributed by atoms with Crippen molar-refractivity contribution in [2.24, 2.45) is 0 Å². The van der Waals surface area contributed by atoms with Gasteiger partial charge in [-0.15, -0.1) is 0 Å². The van der Waals surface area contributed by atoms with Gasteiger partial charge >= 0.3 is 0 Å². The summed E-state index contributed by atoms with van der Waals surface area (Å²) in [6.45, 7) is 10.7. The van der Waals surface area contributed by atoms with E-state index in [1.54, 1.807) is 0 Å². The molecule has 1 aromatic rings. The Morgan fingerprint density at radius 2 is 2.00 bits per heavy atom. The third kappa shape index (κ3) is 2.90. The van der Waals surface area contributed by atoms with E-state index >= 15 is 0 Å². The largest absolute Gasteiger partial charge is 0.339 e. The maximum atomic E-state index is 5.39. The zero-order valence-electron chi connectivity index (χ0n) is 11.6. The Bertz CT molecular complexity index is 360. The first-order chi connectivity index (χ1) is 8.76. The van der Waals surface area contributed by atoms with Crippen LogP contribution in [0.2, 0.25) is 0 Å². The molecule has 2 rings (SSSR count). The molecular weight excluding hydrogens is 228 g/mol. The topological polar surface area (TPSA) is 54.2 Å². The van der Waals surface area contributed by atoms with Gasteiger partial charge in [-0.05, 0) is 12.8 Å². The Balaban J connectivity index is 2.09. The molecule has 0 amide bonds. The minimum atomic E-state index is 0.300. The Morgan fingerprint density at radius 1 is 1.28 bits per heavy atom. The summed E-state index contributed by atoms with van der Waals surface area (Å²) in [6, 6.07) is 0.300. The predicted octanol–water partition coefficient (Wildman–Crippen LogP) is 1.94. The maximum absolute atomic E-state index is 5.39. The van der Waals surface area contributed by atoms with Crippen molar-refractivity contribution < 1.29 is 4.52 Å². The van der Waals surface area contributed by atoms with Crippen LogP contribution in [-0.4, -0.2) is 41.2 Å². The summed E-state index contributed by atoms with van der Waals surface area (Å²) in [7, 11) is 0. The van der Waals surface area contributed by atoms with Gasteiger partial charge in [0.05, 0.1) is 6.04 Å². The second-order valence-corrected chi connectivity index (χ2v) is 5.01. The molecule has 0 aliphatic carbocycles. The maximum Gasteiger partial charge on any atom is 0.229 e. The zero-order chi connectivity index (χ0) is 13.0. The van der Waals surface area contributed by atoms with E-state index in [0.29, 0.717) is 12.0 Å². The summed E-state index contributed by atoms with van der Waals surface area (Å²) < 4.78 is 5.39. The molecule has 2 heterocycles. The van der Waals surface area contributed by atoms with Crippen LogP contribution in [0, 0.1) is 0 Å². The van der Waals surface area contributed by atoms with Crippen molar-refractivity contribution in [3.8, 4) is 0 Å². The van der Waals surface area contributed by atoms with Gasteiger partial charge in [0.1, 0.15) is 0 Å². The van der Waals surface area contributed by atoms with Gasteiger partial charge in [0.2, 0.25) is 5.89 Å². The summed E-state index contributed by atoms with van der Waals surface area (Å²) in [6.07, 6.45) is 2.06. The van der Waals surface area contributed by atoms with Crippen molar-refractivity contribution >= 4 is 0 Å². The van der Waals surface area contributed by atoms with Gasteiger partial charge in [-0.1, -0.05) is 25.9 Å². The van der Waals surface area contributed by atoms with Gasteiger partial charge in [-0.3, -0.25) is 4.90 Å². The fourth-order valence-electron chi connectivity index (χ4n) is 2.36. The average Bonchev–Trinajstić information content (AvgIpc) is 2.89. The quantitative estimate of drug-likeness (QED) is 0.868. The van der Waals surface area contributed by atoms with Gasteiger partial charge in [0, 0.05) is 32.1 Å². The van der Waals surface area contributed by atoms with E-state index in [9.17, 15) is 0 Å². The third-order valence-electron chi connectivity index (χ3n) is 3.77. The number of nitrogens with one attached hydrogen (secondary N) is 1. The van der Waals surface area contributed by atoms with Gasteiger partial charge in [-0.25, -0.2) is 0 Å². The molecule has 1 N–H and O–H groups in total. The van der Waals surface area contributed by atoms with Gasteiger partial charge in [0.15, 0.2) is 5.82 Å². The van der Waals surface area contributed by atoms with E-state index in [1.165, 1.54) is 0 Å². The highest BCUT2D eigenvalue weighted by Crippen LogP contribution is 2.24. The van der Waals surface area contributed by atoms with Crippen molar-refractivity contribution in [3.05, 3.63) is 11.7 Å². The van der Waals surface area contributed by atoms with Gasteiger partial charge in [0.25, 0.3) is 0 Å². The molecule has 0 radical (unpaired) electrons. The first kappa shape index (κ1) is 13.5. The van der Waals surface area contributed by atoms with Crippen molar-refractivity contribution in [1.29, 1.82) is 0 Å². The van der Waals surface area contributed by atoms with Crippen LogP contribution in [0.3, 0.4) is 0 Å². The lowest BCUT2D eigenvalue weighted by Crippen LogP contribution is -2.45. The summed E-state index contributed by atoms with van der Waals surface area (Å²) in [5, 5.41) is 7.56. The lowest BCUT2D eigenvalue weighted by molar-refractivity contribution is 0.160. The average molecular weight is 252 g/mol. The number of rotatable bonds is 5. The monoisotopic (exact) mass is 252 g/mol. The second-order valence-electron chi connectivity index (χ2n) is 5.01. The molecule has 5 nitrogen and oxygen atoms in total. The molecule has 2 unspecified atom stereocenters. The van der Waals surface area contributed by atoms with E-state index in [2.05, 4.69) is 41.1 Å². The minimum absolute atomic E-state index is 0.300. The molecule has 0 saturated carbocycles. The highest BCUT2D eigenvalue weighted by atomic mass is 16.5. The van der Waals surface area contributed by atoms with Crippen LogP contribution in [-0.2, 0) is 0 Å². The lowest BCUT2D eigenvalue weighted by Gasteiger charge is -2.32. The molecular formula is C13H24N4O. The van der Waals surface area contributed by atoms with Crippen molar-refractivity contribution in [2.75, 3.05) is 26.2 Å². The van der Waals surface area contributed by atoms with Crippen molar-refractivity contribution in [1.82, 2.24) is 20.4 Å². The molecule has 2 atom stereocenters. The van der Waals surface area contributed by atoms with Crippen LogP contribution in [0.25, 0.3) is 0 Å². The van der Waals surface area contributed by atoms with Crippen LogP contribution in [0.15, 0.2) is 4.52 Å². The first-order valence-corrected chi connectivity index (χ1v) is 7.04. The smallest absolute Gasteiger partial charge is 0.229 e. The van der Waals surface area contributed by atoms with E-state index in [0.717, 1.165) is 50.7 Å². The number of piperazine rings is 1. The molecule has 18 heavy (non-hydrogen) atoms. The standard InChI is InChI=1S/C13H24N4O/c1-4-10(3)13-15-12(16-18-13)11(5-2)17-8-6-14-7-9-17/h10-11,14H,4-9H2,1-3H3. The summed E-state index contributed by atoms with van der Waals surface area (Å²) in [5.74, 6) is 1.99. The van der Waals surface area contributed by atoms with Gasteiger partial charge in [-0.2, -0.15) is 4.98 Å². The third-order valence-corrected chi connectivity index (χ3v) is 3.77. The number of aromatic nitrogens is 2. The predicted molar refractivity (Wildman–Crippen MR) is 70.5 cm³/mol. The van der Waals surface area contributed by atoms with Crippen LogP contribution >= 0.6 is 0 Å². The summed E-state index contributed by atoms with van der Waals surface area (Å²) in [5.41, 5.74) is 0. The SMILES string of the molecule is CCC(C)c1nc(C(CC)N2CCNCC2)no1. The molecule has 1 fully saturated rings. The van der Waals surface area contributed by atoms with Crippen LogP contribution in [0.1, 0.15) is 57.3 Å². The molecule has 1 saturated heterocycles. The Morgan fingerprint density at radius 3 is 2.61 bits per heavy atom. The first-order valence-electron chi connectivity index (χ1n) is 7.04. The second kappa shape index (κ2) is 6.29. The Kier molecular flexibility index (Phi) is 4.72. The van der Waals surface area contributed by atoms with Crippen LogP contribution in [0.4, 0.5) is 0 Å². The van der Waals surface area contributed by atoms with Gasteiger partial charge < -0.3 is 9.84 Å². The summed E-state index contributed by atoms with van der Waals surface area (Å²) >= 11 is 0. The highest BCUT2D eigenvalue weighted by molar-refractivity contribution is 4.98. The Labute approximate surface area is 109 Å². The van der Waals surface area contributed by atoms with Crippen molar-refractivity contribution in [3.63, 3.8) is 0 Å². The fraction of sp³-hybridized carbons (Fsp3) is 0.846. The van der Waals surface area contributed by atoms with Crippen molar-refractivity contribution in [2.45, 2.75) is 45.6 Å². The molecule has 1 aromatic heterocycles. The molecule has 0 spiro atoms. The normalized spacial score (nSPS) is 20.8. The number of nitrogens with zero attached hydrogens (tertiary/aromatic N) is 3. The lowest BCUT2D eigenvalue weighted by atomic mass is 10.1. The highest BCUT2D eigenvalue weighted by Gasteiger charge is 2.25. The van der Waals surface area contributed by atoms with Crippen LogP contribution < -0.4 is 5.32 Å². The summed E-state index contributed by atoms with van der Waals surface area (Å²) in [4.78, 5) is 7.03. The number of hydrogen-bond donors (Lipinski definition) is 1. The number of hydrogen-bond acceptors (Lipinski definition) is 5. The fourth-order valence-corrected chi connectivity index (χ4v) is 2.36. The molecule has 102 valence electrons. The molecule has 0 aromatic carbocycles. The van der Waals surface area contributed by atoms with E-state index in [-0.39, 0.29) is 0 Å². The van der Waals surface area contributed by atoms with E-state index < -0.39 is 0 Å². The van der Waals surface area contributed by atoms with E-state index in [1.807, 2.05) is 0 Å². The Hall–Kier alpha value is -0.940. The zero-order valence-corrected chi connectivity index (χ0v) is 11.6. The molecule has 0 bridgehead atoms. The minimum Gasteiger partial charge on any atom is -0.339 e. The van der Waals surface area contributed by atoms with Crippen LogP contribution in [0.5, 0.6) is 0 Å². The molecule has 5 heteroatoms. The van der Waals surface area contributed by atoms with E-state index in [4.69, 9.17) is 4.52 Å².